The molecule has 0 aliphatic carbocycles. The lowest BCUT2D eigenvalue weighted by molar-refractivity contribution is 1.00. The highest BCUT2D eigenvalue weighted by molar-refractivity contribution is 6.33. The molecule has 0 fully saturated rings. The molecule has 1 heterocycles. The van der Waals surface area contributed by atoms with Gasteiger partial charge >= 0.3 is 0 Å². The molecule has 0 bridgehead atoms. The van der Waals surface area contributed by atoms with Gasteiger partial charge in [0.25, 0.3) is 0 Å². The fraction of sp³-hybridized carbons (Fsp3) is 0.111. The predicted molar refractivity (Wildman–Crippen MR) is 100 cm³/mol. The first-order valence-electron chi connectivity index (χ1n) is 7.53. The van der Waals surface area contributed by atoms with E-state index in [1.165, 1.54) is 5.56 Å². The molecule has 2 aromatic carbocycles. The second-order valence-electron chi connectivity index (χ2n) is 5.18. The quantitative estimate of drug-likeness (QED) is 0.637. The number of hydrogen-bond acceptors (Lipinski definition) is 4. The Balaban J connectivity index is 1.60. The second kappa shape index (κ2) is 7.99. The zero-order valence-electron chi connectivity index (χ0n) is 12.8. The maximum Gasteiger partial charge on any atom is 0.229 e. The normalized spacial score (nSPS) is 10.4. The summed E-state index contributed by atoms with van der Waals surface area (Å²) >= 11 is 12.1. The SMILES string of the molecule is Clc1cccc(CCNc2ccnc(Nc3ccccc3Cl)n2)c1. The van der Waals surface area contributed by atoms with Crippen molar-refractivity contribution >= 4 is 40.7 Å². The molecule has 4 nitrogen and oxygen atoms in total. The Morgan fingerprint density at radius 2 is 1.83 bits per heavy atom. The van der Waals surface area contributed by atoms with Crippen LogP contribution in [0.2, 0.25) is 10.0 Å². The van der Waals surface area contributed by atoms with Gasteiger partial charge in [-0.2, -0.15) is 4.98 Å². The fourth-order valence-electron chi connectivity index (χ4n) is 2.23. The minimum atomic E-state index is 0.496. The average Bonchev–Trinajstić information content (AvgIpc) is 2.58. The summed E-state index contributed by atoms with van der Waals surface area (Å²) in [6.45, 7) is 0.753. The first kappa shape index (κ1) is 16.6. The number of rotatable bonds is 6. The smallest absolute Gasteiger partial charge is 0.229 e. The lowest BCUT2D eigenvalue weighted by Gasteiger charge is -2.09. The van der Waals surface area contributed by atoms with E-state index in [1.807, 2.05) is 48.5 Å². The first-order chi connectivity index (χ1) is 11.7. The summed E-state index contributed by atoms with van der Waals surface area (Å²) in [7, 11) is 0. The number of nitrogens with zero attached hydrogens (tertiary/aromatic N) is 2. The molecule has 0 saturated carbocycles. The van der Waals surface area contributed by atoms with Gasteiger partial charge in [-0.25, -0.2) is 4.98 Å². The van der Waals surface area contributed by atoms with Crippen LogP contribution in [0, 0.1) is 0 Å². The number of para-hydroxylation sites is 1. The lowest BCUT2D eigenvalue weighted by Crippen LogP contribution is -2.07. The van der Waals surface area contributed by atoms with Crippen LogP contribution in [-0.2, 0) is 6.42 Å². The molecule has 0 amide bonds. The van der Waals surface area contributed by atoms with Crippen molar-refractivity contribution in [1.29, 1.82) is 0 Å². The largest absolute Gasteiger partial charge is 0.370 e. The number of benzene rings is 2. The maximum atomic E-state index is 6.13. The van der Waals surface area contributed by atoms with Crippen LogP contribution in [0.3, 0.4) is 0 Å². The van der Waals surface area contributed by atoms with Crippen LogP contribution in [0.1, 0.15) is 5.56 Å². The molecule has 0 aliphatic heterocycles. The van der Waals surface area contributed by atoms with Gasteiger partial charge in [0, 0.05) is 17.8 Å². The van der Waals surface area contributed by atoms with Crippen LogP contribution in [-0.4, -0.2) is 16.5 Å². The van der Waals surface area contributed by atoms with Crippen molar-refractivity contribution in [3.8, 4) is 0 Å². The summed E-state index contributed by atoms with van der Waals surface area (Å²) in [4.78, 5) is 8.66. The van der Waals surface area contributed by atoms with Gasteiger partial charge in [0.1, 0.15) is 5.82 Å². The molecule has 6 heteroatoms. The maximum absolute atomic E-state index is 6.13. The molecule has 0 saturated heterocycles. The van der Waals surface area contributed by atoms with Crippen molar-refractivity contribution in [2.75, 3.05) is 17.2 Å². The van der Waals surface area contributed by atoms with Gasteiger partial charge < -0.3 is 10.6 Å². The Labute approximate surface area is 150 Å². The topological polar surface area (TPSA) is 49.8 Å². The molecule has 0 spiro atoms. The molecule has 0 atom stereocenters. The standard InChI is InChI=1S/C18H16Cl2N4/c19-14-5-3-4-13(12-14)8-10-21-17-9-11-22-18(24-17)23-16-7-2-1-6-15(16)20/h1-7,9,11-12H,8,10H2,(H2,21,22,23,24). The number of hydrogen-bond donors (Lipinski definition) is 2. The summed E-state index contributed by atoms with van der Waals surface area (Å²) in [6, 6.07) is 17.1. The Hall–Kier alpha value is -2.30. The van der Waals surface area contributed by atoms with E-state index in [4.69, 9.17) is 23.2 Å². The van der Waals surface area contributed by atoms with Crippen LogP contribution in [0.5, 0.6) is 0 Å². The van der Waals surface area contributed by atoms with Gasteiger partial charge in [-0.05, 0) is 42.3 Å². The zero-order valence-corrected chi connectivity index (χ0v) is 14.3. The Kier molecular flexibility index (Phi) is 5.51. The molecule has 2 N–H and O–H groups in total. The number of aromatic nitrogens is 2. The van der Waals surface area contributed by atoms with E-state index in [2.05, 4.69) is 26.7 Å². The Bertz CT molecular complexity index is 823. The van der Waals surface area contributed by atoms with Crippen molar-refractivity contribution in [3.05, 3.63) is 76.4 Å². The third kappa shape index (κ3) is 4.60. The van der Waals surface area contributed by atoms with Crippen molar-refractivity contribution in [3.63, 3.8) is 0 Å². The molecule has 24 heavy (non-hydrogen) atoms. The number of nitrogens with one attached hydrogen (secondary N) is 2. The van der Waals surface area contributed by atoms with E-state index in [0.717, 1.165) is 29.5 Å². The highest BCUT2D eigenvalue weighted by Crippen LogP contribution is 2.23. The molecule has 0 aliphatic rings. The van der Waals surface area contributed by atoms with E-state index in [9.17, 15) is 0 Å². The molecule has 122 valence electrons. The van der Waals surface area contributed by atoms with Crippen LogP contribution in [0.15, 0.2) is 60.8 Å². The van der Waals surface area contributed by atoms with E-state index in [0.29, 0.717) is 11.0 Å². The molecule has 3 rings (SSSR count). The summed E-state index contributed by atoms with van der Waals surface area (Å²) < 4.78 is 0. The van der Waals surface area contributed by atoms with Crippen molar-refractivity contribution in [1.82, 2.24) is 9.97 Å². The fourth-order valence-corrected chi connectivity index (χ4v) is 2.62. The Morgan fingerprint density at radius 1 is 0.958 bits per heavy atom. The van der Waals surface area contributed by atoms with Gasteiger partial charge in [0.2, 0.25) is 5.95 Å². The van der Waals surface area contributed by atoms with Gasteiger partial charge in [-0.3, -0.25) is 0 Å². The van der Waals surface area contributed by atoms with E-state index in [1.54, 1.807) is 6.20 Å². The first-order valence-corrected chi connectivity index (χ1v) is 8.29. The van der Waals surface area contributed by atoms with Crippen LogP contribution < -0.4 is 10.6 Å². The summed E-state index contributed by atoms with van der Waals surface area (Å²) in [5, 5.41) is 7.78. The molecular formula is C18H16Cl2N4. The molecule has 0 radical (unpaired) electrons. The third-order valence-corrected chi connectivity index (χ3v) is 3.95. The van der Waals surface area contributed by atoms with Crippen molar-refractivity contribution in [2.24, 2.45) is 0 Å². The second-order valence-corrected chi connectivity index (χ2v) is 6.02. The van der Waals surface area contributed by atoms with Gasteiger partial charge in [-0.15, -0.1) is 0 Å². The number of anilines is 3. The van der Waals surface area contributed by atoms with Crippen molar-refractivity contribution in [2.45, 2.75) is 6.42 Å². The minimum Gasteiger partial charge on any atom is -0.370 e. The highest BCUT2D eigenvalue weighted by Gasteiger charge is 2.03. The van der Waals surface area contributed by atoms with E-state index >= 15 is 0 Å². The van der Waals surface area contributed by atoms with Gasteiger partial charge in [0.15, 0.2) is 0 Å². The monoisotopic (exact) mass is 358 g/mol. The lowest BCUT2D eigenvalue weighted by atomic mass is 10.1. The average molecular weight is 359 g/mol. The summed E-state index contributed by atoms with van der Waals surface area (Å²) in [5.74, 6) is 1.25. The van der Waals surface area contributed by atoms with Crippen molar-refractivity contribution < 1.29 is 0 Å². The summed E-state index contributed by atoms with van der Waals surface area (Å²) in [5.41, 5.74) is 1.95. The van der Waals surface area contributed by atoms with Gasteiger partial charge in [0.05, 0.1) is 10.7 Å². The molecule has 1 aromatic heterocycles. The van der Waals surface area contributed by atoms with Gasteiger partial charge in [-0.1, -0.05) is 47.5 Å². The zero-order chi connectivity index (χ0) is 16.8. The van der Waals surface area contributed by atoms with Crippen LogP contribution in [0.4, 0.5) is 17.5 Å². The number of halogens is 2. The molecule has 0 unspecified atom stereocenters. The highest BCUT2D eigenvalue weighted by atomic mass is 35.5. The summed E-state index contributed by atoms with van der Waals surface area (Å²) in [6.07, 6.45) is 2.56. The van der Waals surface area contributed by atoms with Crippen LogP contribution in [0.25, 0.3) is 0 Å². The predicted octanol–water partition coefficient (Wildman–Crippen LogP) is 5.18. The minimum absolute atomic E-state index is 0.496. The third-order valence-electron chi connectivity index (χ3n) is 3.38. The van der Waals surface area contributed by atoms with E-state index in [-0.39, 0.29) is 0 Å². The Morgan fingerprint density at radius 3 is 2.67 bits per heavy atom. The van der Waals surface area contributed by atoms with E-state index < -0.39 is 0 Å². The molecule has 3 aromatic rings. The van der Waals surface area contributed by atoms with Crippen LogP contribution >= 0.6 is 23.2 Å². The molecular weight excluding hydrogens is 343 g/mol.